The number of hydrogen-bond acceptors (Lipinski definition) is 4. The van der Waals surface area contributed by atoms with Gasteiger partial charge in [0.05, 0.1) is 11.3 Å². The predicted molar refractivity (Wildman–Crippen MR) is 94.0 cm³/mol. The van der Waals surface area contributed by atoms with Gasteiger partial charge in [-0.3, -0.25) is 0 Å². The normalized spacial score (nSPS) is 17.1. The molecule has 1 aliphatic rings. The zero-order chi connectivity index (χ0) is 16.2. The molecule has 0 aliphatic carbocycles. The van der Waals surface area contributed by atoms with E-state index in [1.807, 2.05) is 37.3 Å². The van der Waals surface area contributed by atoms with Crippen LogP contribution in [0.4, 0.5) is 11.5 Å². The van der Waals surface area contributed by atoms with Crippen LogP contribution in [0.3, 0.4) is 0 Å². The second-order valence-electron chi connectivity index (χ2n) is 5.92. The molecular weight excluding hydrogens is 308 g/mol. The zero-order valence-electron chi connectivity index (χ0n) is 13.1. The minimum atomic E-state index is 0.541. The van der Waals surface area contributed by atoms with Gasteiger partial charge >= 0.3 is 0 Å². The van der Waals surface area contributed by atoms with Gasteiger partial charge in [-0.15, -0.1) is 0 Å². The van der Waals surface area contributed by atoms with E-state index in [0.717, 1.165) is 43.3 Å². The van der Waals surface area contributed by atoms with E-state index in [2.05, 4.69) is 21.3 Å². The number of nitriles is 1. The maximum Gasteiger partial charge on any atom is 0.126 e. The summed E-state index contributed by atoms with van der Waals surface area (Å²) in [6, 6.07) is 13.8. The van der Waals surface area contributed by atoms with Crippen LogP contribution >= 0.6 is 11.6 Å². The maximum absolute atomic E-state index is 9.29. The standard InChI is InChI=1S/C18H19ClN4/c1-13-3-2-4-18(22-13)21-11-14-7-8-23(12-14)17-6-5-16(19)9-15(17)10-20/h2-6,9,14H,7-8,11-12H2,1H3,(H,21,22). The first-order valence-electron chi connectivity index (χ1n) is 7.78. The van der Waals surface area contributed by atoms with E-state index in [1.54, 1.807) is 6.07 Å². The minimum absolute atomic E-state index is 0.541. The Morgan fingerprint density at radius 3 is 3.04 bits per heavy atom. The molecule has 1 saturated heterocycles. The van der Waals surface area contributed by atoms with Gasteiger partial charge < -0.3 is 10.2 Å². The van der Waals surface area contributed by atoms with E-state index in [9.17, 15) is 5.26 Å². The lowest BCUT2D eigenvalue weighted by Gasteiger charge is -2.20. The highest BCUT2D eigenvalue weighted by Crippen LogP contribution is 2.29. The fourth-order valence-electron chi connectivity index (χ4n) is 2.98. The Labute approximate surface area is 141 Å². The molecule has 118 valence electrons. The topological polar surface area (TPSA) is 52.0 Å². The van der Waals surface area contributed by atoms with Gasteiger partial charge in [-0.25, -0.2) is 4.98 Å². The highest BCUT2D eigenvalue weighted by Gasteiger charge is 2.24. The monoisotopic (exact) mass is 326 g/mol. The van der Waals surface area contributed by atoms with Crippen molar-refractivity contribution in [2.45, 2.75) is 13.3 Å². The Hall–Kier alpha value is -2.25. The second kappa shape index (κ2) is 6.89. The van der Waals surface area contributed by atoms with Crippen molar-refractivity contribution in [3.8, 4) is 6.07 Å². The lowest BCUT2D eigenvalue weighted by Crippen LogP contribution is -2.23. The Morgan fingerprint density at radius 2 is 2.26 bits per heavy atom. The highest BCUT2D eigenvalue weighted by molar-refractivity contribution is 6.30. The van der Waals surface area contributed by atoms with Crippen molar-refractivity contribution in [1.29, 1.82) is 5.26 Å². The molecule has 0 spiro atoms. The average molecular weight is 327 g/mol. The minimum Gasteiger partial charge on any atom is -0.370 e. The first-order valence-corrected chi connectivity index (χ1v) is 8.15. The molecule has 5 heteroatoms. The summed E-state index contributed by atoms with van der Waals surface area (Å²) in [5, 5.41) is 13.3. The van der Waals surface area contributed by atoms with Crippen LogP contribution in [0.2, 0.25) is 5.02 Å². The van der Waals surface area contributed by atoms with Crippen LogP contribution in [0.15, 0.2) is 36.4 Å². The first kappa shape index (κ1) is 15.6. The van der Waals surface area contributed by atoms with Crippen LogP contribution in [0.1, 0.15) is 17.7 Å². The van der Waals surface area contributed by atoms with Crippen LogP contribution in [0.25, 0.3) is 0 Å². The summed E-state index contributed by atoms with van der Waals surface area (Å²) in [7, 11) is 0. The molecule has 0 saturated carbocycles. The third-order valence-electron chi connectivity index (χ3n) is 4.17. The molecule has 2 heterocycles. The number of nitrogens with one attached hydrogen (secondary N) is 1. The summed E-state index contributed by atoms with van der Waals surface area (Å²) in [5.74, 6) is 1.46. The SMILES string of the molecule is Cc1cccc(NCC2CCN(c3ccc(Cl)cc3C#N)C2)n1. The number of pyridine rings is 1. The molecule has 23 heavy (non-hydrogen) atoms. The average Bonchev–Trinajstić information content (AvgIpc) is 3.01. The summed E-state index contributed by atoms with van der Waals surface area (Å²) >= 11 is 5.97. The van der Waals surface area contributed by atoms with E-state index >= 15 is 0 Å². The molecule has 0 amide bonds. The number of nitrogens with zero attached hydrogens (tertiary/aromatic N) is 3. The van der Waals surface area contributed by atoms with E-state index < -0.39 is 0 Å². The fourth-order valence-corrected chi connectivity index (χ4v) is 3.15. The van der Waals surface area contributed by atoms with Gasteiger partial charge in [-0.2, -0.15) is 5.26 Å². The Kier molecular flexibility index (Phi) is 4.68. The summed E-state index contributed by atoms with van der Waals surface area (Å²) in [6.07, 6.45) is 1.10. The Morgan fingerprint density at radius 1 is 1.39 bits per heavy atom. The van der Waals surface area contributed by atoms with Gasteiger partial charge in [0, 0.05) is 30.4 Å². The number of halogens is 1. The molecule has 2 aromatic rings. The van der Waals surface area contributed by atoms with Crippen LogP contribution in [0.5, 0.6) is 0 Å². The Bertz CT molecular complexity index is 738. The molecule has 1 aromatic carbocycles. The molecule has 0 bridgehead atoms. The van der Waals surface area contributed by atoms with Crippen LogP contribution < -0.4 is 10.2 Å². The summed E-state index contributed by atoms with van der Waals surface area (Å²) < 4.78 is 0. The van der Waals surface area contributed by atoms with Crippen molar-refractivity contribution in [2.24, 2.45) is 5.92 Å². The third kappa shape index (κ3) is 3.75. The molecule has 4 nitrogen and oxygen atoms in total. The maximum atomic E-state index is 9.29. The molecule has 1 fully saturated rings. The third-order valence-corrected chi connectivity index (χ3v) is 4.40. The van der Waals surface area contributed by atoms with Gasteiger partial charge in [0.15, 0.2) is 0 Å². The van der Waals surface area contributed by atoms with Crippen LogP contribution in [-0.4, -0.2) is 24.6 Å². The zero-order valence-corrected chi connectivity index (χ0v) is 13.8. The molecule has 1 atom stereocenters. The number of aryl methyl sites for hydroxylation is 1. The van der Waals surface area contributed by atoms with E-state index in [-0.39, 0.29) is 0 Å². The quantitative estimate of drug-likeness (QED) is 0.927. The van der Waals surface area contributed by atoms with Crippen molar-refractivity contribution >= 4 is 23.1 Å². The van der Waals surface area contributed by atoms with Gasteiger partial charge in [0.2, 0.25) is 0 Å². The summed E-state index contributed by atoms with van der Waals surface area (Å²) in [4.78, 5) is 6.73. The van der Waals surface area contributed by atoms with E-state index in [1.165, 1.54) is 0 Å². The van der Waals surface area contributed by atoms with Crippen molar-refractivity contribution in [3.05, 3.63) is 52.7 Å². The largest absolute Gasteiger partial charge is 0.370 e. The first-order chi connectivity index (χ1) is 11.2. The lowest BCUT2D eigenvalue weighted by atomic mass is 10.1. The number of hydrogen-bond donors (Lipinski definition) is 1. The smallest absolute Gasteiger partial charge is 0.126 e. The lowest BCUT2D eigenvalue weighted by molar-refractivity contribution is 0.621. The van der Waals surface area contributed by atoms with Gasteiger partial charge in [-0.1, -0.05) is 17.7 Å². The van der Waals surface area contributed by atoms with Crippen molar-refractivity contribution in [2.75, 3.05) is 29.9 Å². The van der Waals surface area contributed by atoms with Gasteiger partial charge in [0.1, 0.15) is 11.9 Å². The molecule has 1 unspecified atom stereocenters. The van der Waals surface area contributed by atoms with E-state index in [4.69, 9.17) is 11.6 Å². The fraction of sp³-hybridized carbons (Fsp3) is 0.333. The van der Waals surface area contributed by atoms with Crippen molar-refractivity contribution in [3.63, 3.8) is 0 Å². The van der Waals surface area contributed by atoms with Crippen LogP contribution in [0, 0.1) is 24.2 Å². The predicted octanol–water partition coefficient (Wildman–Crippen LogP) is 3.85. The van der Waals surface area contributed by atoms with Crippen molar-refractivity contribution in [1.82, 2.24) is 4.98 Å². The second-order valence-corrected chi connectivity index (χ2v) is 6.36. The van der Waals surface area contributed by atoms with Crippen molar-refractivity contribution < 1.29 is 0 Å². The number of rotatable bonds is 4. The molecular formula is C18H19ClN4. The van der Waals surface area contributed by atoms with Gasteiger partial charge in [0.25, 0.3) is 0 Å². The molecule has 1 aromatic heterocycles. The van der Waals surface area contributed by atoms with E-state index in [0.29, 0.717) is 16.5 Å². The summed E-state index contributed by atoms with van der Waals surface area (Å²) in [5.41, 5.74) is 2.64. The number of anilines is 2. The molecule has 1 N–H and O–H groups in total. The molecule has 1 aliphatic heterocycles. The highest BCUT2D eigenvalue weighted by atomic mass is 35.5. The Balaban J connectivity index is 1.62. The number of benzene rings is 1. The van der Waals surface area contributed by atoms with Gasteiger partial charge in [-0.05, 0) is 49.6 Å². The summed E-state index contributed by atoms with van der Waals surface area (Å²) in [6.45, 7) is 4.79. The number of aromatic nitrogens is 1. The molecule has 0 radical (unpaired) electrons. The van der Waals surface area contributed by atoms with Crippen LogP contribution in [-0.2, 0) is 0 Å². The molecule has 3 rings (SSSR count).